The molecule has 9 heteroatoms. The third-order valence-electron chi connectivity index (χ3n) is 6.12. The first-order valence-electron chi connectivity index (χ1n) is 12.4. The number of hydrogen-bond acceptors (Lipinski definition) is 7. The van der Waals surface area contributed by atoms with Crippen LogP contribution in [0.15, 0.2) is 30.5 Å². The molecule has 1 amide bonds. The highest BCUT2D eigenvalue weighted by Crippen LogP contribution is 2.42. The SMILES string of the molecule is [2H]C([2H])([2H])CC(=O)c1cnc(NC(=O)C2CC2)cc1Nc1cccc2c1N(C)[C@@H](C)c1nc(C)nn1-2. The van der Waals surface area contributed by atoms with Crippen LogP contribution < -0.4 is 15.5 Å². The third-order valence-corrected chi connectivity index (χ3v) is 6.12. The first kappa shape index (κ1) is 17.8. The Labute approximate surface area is 196 Å². The maximum absolute atomic E-state index is 12.9. The summed E-state index contributed by atoms with van der Waals surface area (Å²) in [6, 6.07) is 7.19. The molecule has 3 heterocycles. The quantitative estimate of drug-likeness (QED) is 0.545. The van der Waals surface area contributed by atoms with Crippen LogP contribution >= 0.6 is 0 Å². The molecule has 1 aliphatic carbocycles. The lowest BCUT2D eigenvalue weighted by Crippen LogP contribution is -2.31. The number of ketones is 1. The highest BCUT2D eigenvalue weighted by atomic mass is 16.2. The standard InChI is InChI=1S/C24H27N7O2/c1-5-20(32)16-12-25-21(28-24(33)15-9-10-15)11-18(16)27-17-7-6-8-19-22(17)30(4)13(2)23-26-14(3)29-31(19)23/h6-8,11-13,15H,5,9-10H2,1-4H3,(H2,25,27,28,33)/t13-/m0/s1/i1D3. The van der Waals surface area contributed by atoms with Crippen LogP contribution in [-0.2, 0) is 4.79 Å². The molecule has 3 aromatic rings. The highest BCUT2D eigenvalue weighted by molar-refractivity contribution is 6.03. The molecule has 1 aromatic carbocycles. The minimum atomic E-state index is -2.42. The predicted molar refractivity (Wildman–Crippen MR) is 126 cm³/mol. The topological polar surface area (TPSA) is 105 Å². The Hall–Kier alpha value is -3.75. The van der Waals surface area contributed by atoms with Crippen molar-refractivity contribution >= 4 is 34.6 Å². The Morgan fingerprint density at radius 2 is 2.09 bits per heavy atom. The molecule has 1 saturated carbocycles. The van der Waals surface area contributed by atoms with Crippen LogP contribution in [0.25, 0.3) is 5.69 Å². The lowest BCUT2D eigenvalue weighted by Gasteiger charge is -2.35. The molecule has 2 N–H and O–H groups in total. The van der Waals surface area contributed by atoms with Crippen molar-refractivity contribution in [1.29, 1.82) is 0 Å². The van der Waals surface area contributed by atoms with Gasteiger partial charge in [0, 0.05) is 35.8 Å². The van der Waals surface area contributed by atoms with Crippen molar-refractivity contribution < 1.29 is 13.7 Å². The number of carbonyl (C=O) groups is 2. The Bertz CT molecular complexity index is 1360. The summed E-state index contributed by atoms with van der Waals surface area (Å²) in [6.45, 7) is 1.45. The van der Waals surface area contributed by atoms with Crippen molar-refractivity contribution in [2.24, 2.45) is 5.92 Å². The van der Waals surface area contributed by atoms with E-state index >= 15 is 0 Å². The maximum Gasteiger partial charge on any atom is 0.228 e. The fourth-order valence-corrected chi connectivity index (χ4v) is 4.08. The number of Topliss-reactive ketones (excluding diaryl/α,β-unsaturated/α-hetero) is 1. The van der Waals surface area contributed by atoms with E-state index in [1.807, 2.05) is 43.8 Å². The van der Waals surface area contributed by atoms with Gasteiger partial charge in [0.15, 0.2) is 11.6 Å². The summed E-state index contributed by atoms with van der Waals surface area (Å²) in [5.74, 6) is 1.08. The first-order chi connectivity index (χ1) is 17.0. The minimum absolute atomic E-state index is 0.0170. The van der Waals surface area contributed by atoms with Crippen molar-refractivity contribution in [3.05, 3.63) is 47.7 Å². The Morgan fingerprint density at radius 1 is 1.27 bits per heavy atom. The number of nitrogens with one attached hydrogen (secondary N) is 2. The summed E-state index contributed by atoms with van der Waals surface area (Å²) in [5, 5.41) is 10.7. The molecule has 0 unspecified atom stereocenters. The van der Waals surface area contributed by atoms with Gasteiger partial charge in [-0.25, -0.2) is 14.6 Å². The van der Waals surface area contributed by atoms with Crippen LogP contribution in [0.3, 0.4) is 0 Å². The van der Waals surface area contributed by atoms with Crippen molar-refractivity contribution in [3.8, 4) is 5.69 Å². The van der Waals surface area contributed by atoms with Crippen LogP contribution in [0, 0.1) is 12.8 Å². The summed E-state index contributed by atoms with van der Waals surface area (Å²) < 4.78 is 24.4. The zero-order valence-corrected chi connectivity index (χ0v) is 18.7. The first-order valence-corrected chi connectivity index (χ1v) is 10.9. The van der Waals surface area contributed by atoms with Gasteiger partial charge in [0.25, 0.3) is 0 Å². The second kappa shape index (κ2) is 7.99. The van der Waals surface area contributed by atoms with E-state index in [2.05, 4.69) is 30.6 Å². The summed E-state index contributed by atoms with van der Waals surface area (Å²) in [7, 11) is 1.96. The number of hydrogen-bond donors (Lipinski definition) is 2. The molecule has 5 rings (SSSR count). The number of para-hydroxylation sites is 1. The van der Waals surface area contributed by atoms with E-state index in [4.69, 9.17) is 4.11 Å². The summed E-state index contributed by atoms with van der Waals surface area (Å²) >= 11 is 0. The van der Waals surface area contributed by atoms with Crippen molar-refractivity contribution in [2.45, 2.75) is 46.0 Å². The summed E-state index contributed by atoms with van der Waals surface area (Å²) in [5.41, 5.74) is 2.85. The molecule has 1 atom stereocenters. The predicted octanol–water partition coefficient (Wildman–Crippen LogP) is 4.17. The van der Waals surface area contributed by atoms with Crippen LogP contribution in [0.2, 0.25) is 0 Å². The van der Waals surface area contributed by atoms with E-state index in [9.17, 15) is 9.59 Å². The van der Waals surface area contributed by atoms with Gasteiger partial charge in [0.1, 0.15) is 11.6 Å². The van der Waals surface area contributed by atoms with Crippen LogP contribution in [0.5, 0.6) is 0 Å². The molecular weight excluding hydrogens is 418 g/mol. The second-order valence-corrected chi connectivity index (χ2v) is 8.49. The number of rotatable bonds is 6. The second-order valence-electron chi connectivity index (χ2n) is 8.49. The number of aromatic nitrogens is 4. The largest absolute Gasteiger partial charge is 0.361 e. The maximum atomic E-state index is 12.9. The van der Waals surface area contributed by atoms with E-state index in [1.54, 1.807) is 6.07 Å². The highest BCUT2D eigenvalue weighted by Gasteiger charge is 2.32. The number of carbonyl (C=O) groups excluding carboxylic acids is 2. The number of aryl methyl sites for hydroxylation is 1. The molecule has 0 bridgehead atoms. The van der Waals surface area contributed by atoms with E-state index in [1.165, 1.54) is 6.20 Å². The van der Waals surface area contributed by atoms with Crippen molar-refractivity contribution in [3.63, 3.8) is 0 Å². The van der Waals surface area contributed by atoms with Gasteiger partial charge in [-0.15, -0.1) is 0 Å². The van der Waals surface area contributed by atoms with Gasteiger partial charge in [-0.1, -0.05) is 12.9 Å². The zero-order chi connectivity index (χ0) is 25.8. The molecule has 1 fully saturated rings. The van der Waals surface area contributed by atoms with Crippen LogP contribution in [0.1, 0.15) is 65.2 Å². The summed E-state index contributed by atoms with van der Waals surface area (Å²) in [4.78, 5) is 36.1. The molecule has 2 aliphatic rings. The Kier molecular flexibility index (Phi) is 4.30. The van der Waals surface area contributed by atoms with Gasteiger partial charge >= 0.3 is 0 Å². The average Bonchev–Trinajstić information content (AvgIpc) is 3.58. The van der Waals surface area contributed by atoms with E-state index < -0.39 is 19.1 Å². The van der Waals surface area contributed by atoms with Crippen LogP contribution in [-0.4, -0.2) is 38.5 Å². The molecular formula is C24H27N7O2. The molecule has 33 heavy (non-hydrogen) atoms. The Balaban J connectivity index is 1.56. The van der Waals surface area contributed by atoms with Crippen molar-refractivity contribution in [1.82, 2.24) is 19.7 Å². The number of nitrogens with zero attached hydrogens (tertiary/aromatic N) is 5. The van der Waals surface area contributed by atoms with Gasteiger partial charge in [-0.3, -0.25) is 9.59 Å². The molecule has 9 nitrogen and oxygen atoms in total. The van der Waals surface area contributed by atoms with Gasteiger partial charge in [-0.05, 0) is 38.8 Å². The van der Waals surface area contributed by atoms with E-state index in [0.29, 0.717) is 23.0 Å². The fraction of sp³-hybridized carbons (Fsp3) is 0.375. The molecule has 0 radical (unpaired) electrons. The lowest BCUT2D eigenvalue weighted by atomic mass is 10.1. The smallest absolute Gasteiger partial charge is 0.228 e. The van der Waals surface area contributed by atoms with Crippen LogP contribution in [0.4, 0.5) is 22.9 Å². The number of anilines is 4. The zero-order valence-electron chi connectivity index (χ0n) is 21.7. The number of amides is 1. The molecule has 170 valence electrons. The number of pyridine rings is 1. The van der Waals surface area contributed by atoms with Gasteiger partial charge < -0.3 is 15.5 Å². The minimum Gasteiger partial charge on any atom is -0.361 e. The average molecular weight is 449 g/mol. The van der Waals surface area contributed by atoms with Gasteiger partial charge in [0.2, 0.25) is 5.91 Å². The monoisotopic (exact) mass is 448 g/mol. The summed E-state index contributed by atoms with van der Waals surface area (Å²) in [6.07, 6.45) is 2.38. The third kappa shape index (κ3) is 3.73. The lowest BCUT2D eigenvalue weighted by molar-refractivity contribution is -0.117. The number of benzene rings is 1. The van der Waals surface area contributed by atoms with Gasteiger partial charge in [0.05, 0.1) is 34.4 Å². The van der Waals surface area contributed by atoms with Gasteiger partial charge in [-0.2, -0.15) is 5.10 Å². The Morgan fingerprint density at radius 3 is 2.85 bits per heavy atom. The normalized spacial score (nSPS) is 18.5. The molecule has 2 aromatic heterocycles. The molecule has 1 aliphatic heterocycles. The van der Waals surface area contributed by atoms with E-state index in [0.717, 1.165) is 30.0 Å². The molecule has 0 saturated heterocycles. The van der Waals surface area contributed by atoms with Crippen molar-refractivity contribution in [2.75, 3.05) is 22.6 Å². The van der Waals surface area contributed by atoms with E-state index in [-0.39, 0.29) is 23.4 Å². The number of fused-ring (bicyclic) bond motifs is 3. The fourth-order valence-electron chi connectivity index (χ4n) is 4.08. The molecule has 0 spiro atoms.